The Balaban J connectivity index is 2.89. The lowest BCUT2D eigenvalue weighted by Gasteiger charge is -2.28. The fraction of sp³-hybridized carbons (Fsp3) is 0.500. The topological polar surface area (TPSA) is 90.7 Å². The van der Waals surface area contributed by atoms with Crippen LogP contribution < -0.4 is 10.1 Å². The number of nitro groups is 1. The zero-order valence-corrected chi connectivity index (χ0v) is 15.2. The number of rotatable bonds is 8. The summed E-state index contributed by atoms with van der Waals surface area (Å²) in [7, 11) is 1.21. The van der Waals surface area contributed by atoms with Crippen molar-refractivity contribution in [1.29, 1.82) is 0 Å². The third kappa shape index (κ3) is 5.47. The van der Waals surface area contributed by atoms with Crippen molar-refractivity contribution < 1.29 is 19.2 Å². The van der Waals surface area contributed by atoms with Crippen LogP contribution in [0.3, 0.4) is 0 Å². The second kappa shape index (κ2) is 9.04. The number of carbonyl (C=O) groups excluding carboxylic acids is 1. The smallest absolute Gasteiger partial charge is 0.330 e. The van der Waals surface area contributed by atoms with Gasteiger partial charge in [-0.25, -0.2) is 0 Å². The highest BCUT2D eigenvalue weighted by Gasteiger charge is 2.47. The molecule has 1 rings (SSSR count). The molecule has 1 aromatic carbocycles. The Morgan fingerprint density at radius 3 is 2.44 bits per heavy atom. The summed E-state index contributed by atoms with van der Waals surface area (Å²) in [5, 5.41) is 14.3. The van der Waals surface area contributed by atoms with Gasteiger partial charge in [-0.05, 0) is 31.5 Å². The average Bonchev–Trinajstić information content (AvgIpc) is 2.59. The van der Waals surface area contributed by atoms with Gasteiger partial charge in [-0.15, -0.1) is 5.92 Å². The molecule has 0 aromatic heterocycles. The number of hydrogen-bond acceptors (Lipinski definition) is 6. The maximum Gasteiger partial charge on any atom is 0.330 e. The molecule has 0 radical (unpaired) electrons. The quantitative estimate of drug-likeness (QED) is 0.336. The zero-order valence-electron chi connectivity index (χ0n) is 15.2. The lowest BCUT2D eigenvalue weighted by atomic mass is 9.93. The molecular weight excluding hydrogens is 324 g/mol. The van der Waals surface area contributed by atoms with Crippen molar-refractivity contribution >= 4 is 5.97 Å². The largest absolute Gasteiger partial charge is 0.481 e. The third-order valence-corrected chi connectivity index (χ3v) is 3.90. The van der Waals surface area contributed by atoms with E-state index < -0.39 is 22.5 Å². The molecule has 0 spiro atoms. The zero-order chi connectivity index (χ0) is 19.0. The van der Waals surface area contributed by atoms with Crippen molar-refractivity contribution in [2.24, 2.45) is 0 Å². The van der Waals surface area contributed by atoms with E-state index in [1.54, 1.807) is 19.1 Å². The molecule has 0 saturated heterocycles. The Bertz CT molecular complexity index is 658. The first-order valence-electron chi connectivity index (χ1n) is 7.84. The molecular formula is C18H24N2O5. The fourth-order valence-corrected chi connectivity index (χ4v) is 2.17. The normalized spacial score (nSPS) is 13.2. The van der Waals surface area contributed by atoms with Gasteiger partial charge in [-0.2, -0.15) is 0 Å². The standard InChI is InChI=1S/C18H24N2O5/c1-6-7-12-25-15-10-8-14(9-11-15)13(2)19-16(17(21)24-5)18(3,4)20(22)23/h8-11,13,16,19H,12H2,1-5H3. The Hall–Kier alpha value is -2.59. The molecule has 2 atom stereocenters. The van der Waals surface area contributed by atoms with Gasteiger partial charge in [-0.1, -0.05) is 18.1 Å². The minimum Gasteiger partial charge on any atom is -0.481 e. The summed E-state index contributed by atoms with van der Waals surface area (Å²) in [5.74, 6) is 5.55. The van der Waals surface area contributed by atoms with Gasteiger partial charge >= 0.3 is 5.97 Å². The number of nitrogens with one attached hydrogen (secondary N) is 1. The van der Waals surface area contributed by atoms with Gasteiger partial charge < -0.3 is 9.47 Å². The van der Waals surface area contributed by atoms with E-state index in [1.165, 1.54) is 21.0 Å². The van der Waals surface area contributed by atoms with E-state index in [-0.39, 0.29) is 6.04 Å². The number of methoxy groups -OCH3 is 1. The fourth-order valence-electron chi connectivity index (χ4n) is 2.17. The van der Waals surface area contributed by atoms with E-state index in [2.05, 4.69) is 17.2 Å². The molecule has 0 aliphatic heterocycles. The van der Waals surface area contributed by atoms with E-state index in [0.717, 1.165) is 5.56 Å². The lowest BCUT2D eigenvalue weighted by Crippen LogP contribution is -2.57. The molecule has 0 heterocycles. The van der Waals surface area contributed by atoms with Crippen molar-refractivity contribution in [1.82, 2.24) is 5.32 Å². The summed E-state index contributed by atoms with van der Waals surface area (Å²) >= 11 is 0. The highest BCUT2D eigenvalue weighted by Crippen LogP contribution is 2.22. The molecule has 0 fully saturated rings. The van der Waals surface area contributed by atoms with Crippen molar-refractivity contribution in [2.45, 2.75) is 45.3 Å². The predicted molar refractivity (Wildman–Crippen MR) is 93.8 cm³/mol. The molecule has 25 heavy (non-hydrogen) atoms. The second-order valence-electron chi connectivity index (χ2n) is 6.04. The summed E-state index contributed by atoms with van der Waals surface area (Å²) in [4.78, 5) is 22.8. The van der Waals surface area contributed by atoms with Crippen molar-refractivity contribution in [3.8, 4) is 17.6 Å². The molecule has 136 valence electrons. The first-order valence-corrected chi connectivity index (χ1v) is 7.84. The number of ether oxygens (including phenoxy) is 2. The SMILES string of the molecule is CC#CCOc1ccc(C(C)NC(C(=O)OC)C(C)(C)[N+](=O)[O-])cc1. The summed E-state index contributed by atoms with van der Waals surface area (Å²) in [6, 6.07) is 5.86. The van der Waals surface area contributed by atoms with Gasteiger partial charge in [-0.3, -0.25) is 20.2 Å². The molecule has 1 aromatic rings. The number of benzene rings is 1. The van der Waals surface area contributed by atoms with Crippen LogP contribution in [0.4, 0.5) is 0 Å². The van der Waals surface area contributed by atoms with E-state index in [4.69, 9.17) is 9.47 Å². The highest BCUT2D eigenvalue weighted by atomic mass is 16.6. The molecule has 7 heteroatoms. The molecule has 0 aliphatic carbocycles. The van der Waals surface area contributed by atoms with Gasteiger partial charge in [0, 0.05) is 24.8 Å². The van der Waals surface area contributed by atoms with E-state index >= 15 is 0 Å². The first kappa shape index (κ1) is 20.5. The van der Waals surface area contributed by atoms with Gasteiger partial charge in [0.15, 0.2) is 6.04 Å². The van der Waals surface area contributed by atoms with Gasteiger partial charge in [0.25, 0.3) is 0 Å². The maximum absolute atomic E-state index is 12.0. The van der Waals surface area contributed by atoms with Crippen LogP contribution in [0, 0.1) is 22.0 Å². The number of nitrogens with zero attached hydrogens (tertiary/aromatic N) is 1. The van der Waals surface area contributed by atoms with Crippen LogP contribution in [0.1, 0.15) is 39.3 Å². The van der Waals surface area contributed by atoms with Crippen LogP contribution >= 0.6 is 0 Å². The summed E-state index contributed by atoms with van der Waals surface area (Å²) in [5.41, 5.74) is -0.648. The molecule has 1 N–H and O–H groups in total. The molecule has 7 nitrogen and oxygen atoms in total. The molecule has 0 bridgehead atoms. The predicted octanol–water partition coefficient (Wildman–Crippen LogP) is 2.34. The van der Waals surface area contributed by atoms with Crippen LogP contribution in [-0.2, 0) is 9.53 Å². The van der Waals surface area contributed by atoms with Crippen LogP contribution in [0.5, 0.6) is 5.75 Å². The van der Waals surface area contributed by atoms with Crippen LogP contribution in [0.25, 0.3) is 0 Å². The van der Waals surface area contributed by atoms with Crippen LogP contribution in [0.2, 0.25) is 0 Å². The van der Waals surface area contributed by atoms with E-state index in [1.807, 2.05) is 19.1 Å². The monoisotopic (exact) mass is 348 g/mol. The third-order valence-electron chi connectivity index (χ3n) is 3.90. The summed E-state index contributed by atoms with van der Waals surface area (Å²) in [6.45, 7) is 6.65. The Morgan fingerprint density at radius 2 is 1.96 bits per heavy atom. The van der Waals surface area contributed by atoms with E-state index in [0.29, 0.717) is 12.4 Å². The molecule has 0 amide bonds. The van der Waals surface area contributed by atoms with Gasteiger partial charge in [0.05, 0.1) is 7.11 Å². The van der Waals surface area contributed by atoms with E-state index in [9.17, 15) is 14.9 Å². The minimum absolute atomic E-state index is 0.298. The van der Waals surface area contributed by atoms with Crippen molar-refractivity contribution in [3.63, 3.8) is 0 Å². The summed E-state index contributed by atoms with van der Waals surface area (Å²) < 4.78 is 10.2. The van der Waals surface area contributed by atoms with Crippen molar-refractivity contribution in [3.05, 3.63) is 39.9 Å². The lowest BCUT2D eigenvalue weighted by molar-refractivity contribution is -0.563. The Morgan fingerprint density at radius 1 is 1.36 bits per heavy atom. The number of hydrogen-bond donors (Lipinski definition) is 1. The number of carbonyl (C=O) groups is 1. The molecule has 0 saturated carbocycles. The second-order valence-corrected chi connectivity index (χ2v) is 6.04. The van der Waals surface area contributed by atoms with Crippen LogP contribution in [-0.4, -0.2) is 36.2 Å². The van der Waals surface area contributed by atoms with Gasteiger partial charge in [0.1, 0.15) is 12.4 Å². The Kier molecular flexibility index (Phi) is 7.40. The first-order chi connectivity index (χ1) is 11.7. The minimum atomic E-state index is -1.51. The van der Waals surface area contributed by atoms with Crippen LogP contribution in [0.15, 0.2) is 24.3 Å². The van der Waals surface area contributed by atoms with Crippen molar-refractivity contribution in [2.75, 3.05) is 13.7 Å². The summed E-state index contributed by atoms with van der Waals surface area (Å²) in [6.07, 6.45) is 0. The average molecular weight is 348 g/mol. The Labute approximate surface area is 147 Å². The maximum atomic E-state index is 12.0. The molecule has 2 unspecified atom stereocenters. The molecule has 0 aliphatic rings. The number of esters is 1. The van der Waals surface area contributed by atoms with Gasteiger partial charge in [0.2, 0.25) is 5.54 Å². The highest BCUT2D eigenvalue weighted by molar-refractivity contribution is 5.77.